The molecule has 0 aromatic carbocycles. The fraction of sp³-hybridized carbons (Fsp3) is 1.00. The van der Waals surface area contributed by atoms with Gasteiger partial charge in [0, 0.05) is 19.1 Å². The van der Waals surface area contributed by atoms with E-state index in [-0.39, 0.29) is 0 Å². The summed E-state index contributed by atoms with van der Waals surface area (Å²) in [5.74, 6) is 0.783. The van der Waals surface area contributed by atoms with Crippen molar-refractivity contribution in [3.8, 4) is 0 Å². The maximum absolute atomic E-state index is 5.76. The minimum atomic E-state index is 0.443. The summed E-state index contributed by atoms with van der Waals surface area (Å²) in [6.45, 7) is 8.04. The second-order valence-corrected chi connectivity index (χ2v) is 3.70. The van der Waals surface area contributed by atoms with E-state index in [1.807, 2.05) is 0 Å². The van der Waals surface area contributed by atoms with Gasteiger partial charge in [-0.2, -0.15) is 0 Å². The zero-order valence-electron chi connectivity index (χ0n) is 7.01. The predicted octanol–water partition coefficient (Wildman–Crippen LogP) is 0.675. The highest BCUT2D eigenvalue weighted by molar-refractivity contribution is 4.77. The number of hydrogen-bond donors (Lipinski definition) is 1. The molecule has 1 fully saturated rings. The first-order chi connectivity index (χ1) is 4.68. The molecular formula is C8H18N2. The lowest BCUT2D eigenvalue weighted by Gasteiger charge is -2.16. The fourth-order valence-corrected chi connectivity index (χ4v) is 1.54. The Morgan fingerprint density at radius 3 is 2.70 bits per heavy atom. The molecule has 2 N–H and O–H groups in total. The van der Waals surface area contributed by atoms with Crippen LogP contribution in [0.5, 0.6) is 0 Å². The van der Waals surface area contributed by atoms with Crippen molar-refractivity contribution in [2.24, 2.45) is 11.7 Å². The maximum Gasteiger partial charge on any atom is 0.0180 e. The smallest absolute Gasteiger partial charge is 0.0180 e. The van der Waals surface area contributed by atoms with Crippen molar-refractivity contribution in [3.05, 3.63) is 0 Å². The molecule has 1 heterocycles. The molecule has 0 bridgehead atoms. The van der Waals surface area contributed by atoms with Gasteiger partial charge >= 0.3 is 0 Å². The Morgan fingerprint density at radius 2 is 2.30 bits per heavy atom. The minimum absolute atomic E-state index is 0.443. The zero-order chi connectivity index (χ0) is 7.56. The zero-order valence-corrected chi connectivity index (χ0v) is 7.01. The third kappa shape index (κ3) is 2.27. The molecule has 1 saturated heterocycles. The van der Waals surface area contributed by atoms with Crippen LogP contribution < -0.4 is 5.73 Å². The Morgan fingerprint density at radius 1 is 1.60 bits per heavy atom. The third-order valence-electron chi connectivity index (χ3n) is 1.93. The van der Waals surface area contributed by atoms with E-state index >= 15 is 0 Å². The molecule has 0 aromatic rings. The maximum atomic E-state index is 5.76. The summed E-state index contributed by atoms with van der Waals surface area (Å²) < 4.78 is 0. The van der Waals surface area contributed by atoms with Crippen LogP contribution in [0.4, 0.5) is 0 Å². The average Bonchev–Trinajstić information content (AvgIpc) is 2.13. The average molecular weight is 142 g/mol. The molecule has 0 unspecified atom stereocenters. The van der Waals surface area contributed by atoms with Crippen molar-refractivity contribution in [3.63, 3.8) is 0 Å². The molecule has 1 aliphatic heterocycles. The molecule has 0 aliphatic carbocycles. The molecule has 0 saturated carbocycles. The van der Waals surface area contributed by atoms with E-state index in [1.54, 1.807) is 0 Å². The van der Waals surface area contributed by atoms with Crippen LogP contribution >= 0.6 is 0 Å². The van der Waals surface area contributed by atoms with Crippen LogP contribution in [-0.4, -0.2) is 30.6 Å². The normalized spacial score (nSPS) is 28.2. The molecule has 2 heteroatoms. The number of nitrogens with zero attached hydrogens (tertiary/aromatic N) is 1. The lowest BCUT2D eigenvalue weighted by atomic mass is 10.2. The van der Waals surface area contributed by atoms with Gasteiger partial charge in [-0.3, -0.25) is 0 Å². The Bertz CT molecular complexity index is 101. The highest BCUT2D eigenvalue weighted by Crippen LogP contribution is 2.08. The quantitative estimate of drug-likeness (QED) is 0.614. The van der Waals surface area contributed by atoms with Gasteiger partial charge in [-0.1, -0.05) is 13.8 Å². The van der Waals surface area contributed by atoms with Gasteiger partial charge in [-0.25, -0.2) is 0 Å². The van der Waals surface area contributed by atoms with Crippen LogP contribution in [0.3, 0.4) is 0 Å². The number of rotatable bonds is 2. The van der Waals surface area contributed by atoms with Gasteiger partial charge in [-0.05, 0) is 18.9 Å². The molecule has 60 valence electrons. The summed E-state index contributed by atoms with van der Waals surface area (Å²) in [5.41, 5.74) is 5.76. The van der Waals surface area contributed by atoms with Crippen molar-refractivity contribution in [1.82, 2.24) is 4.90 Å². The van der Waals surface area contributed by atoms with Crippen LogP contribution in [-0.2, 0) is 0 Å². The Hall–Kier alpha value is -0.0800. The highest BCUT2D eigenvalue weighted by Gasteiger charge is 2.18. The first kappa shape index (κ1) is 8.02. The summed E-state index contributed by atoms with van der Waals surface area (Å²) >= 11 is 0. The summed E-state index contributed by atoms with van der Waals surface area (Å²) in [7, 11) is 0. The van der Waals surface area contributed by atoms with Crippen molar-refractivity contribution < 1.29 is 0 Å². The van der Waals surface area contributed by atoms with Crippen molar-refractivity contribution >= 4 is 0 Å². The molecule has 10 heavy (non-hydrogen) atoms. The van der Waals surface area contributed by atoms with Crippen LogP contribution in [0.2, 0.25) is 0 Å². The molecular weight excluding hydrogens is 124 g/mol. The van der Waals surface area contributed by atoms with E-state index in [0.717, 1.165) is 12.5 Å². The lowest BCUT2D eigenvalue weighted by Crippen LogP contribution is -2.29. The molecule has 1 rings (SSSR count). The van der Waals surface area contributed by atoms with Gasteiger partial charge in [0.15, 0.2) is 0 Å². The van der Waals surface area contributed by atoms with E-state index < -0.39 is 0 Å². The SMILES string of the molecule is CC(C)CN1CC[C@H](N)C1. The fourth-order valence-electron chi connectivity index (χ4n) is 1.54. The largest absolute Gasteiger partial charge is 0.326 e. The third-order valence-corrected chi connectivity index (χ3v) is 1.93. The van der Waals surface area contributed by atoms with Gasteiger partial charge in [0.1, 0.15) is 0 Å². The molecule has 1 atom stereocenters. The second kappa shape index (κ2) is 3.35. The van der Waals surface area contributed by atoms with Crippen LogP contribution in [0.25, 0.3) is 0 Å². The molecule has 1 aliphatic rings. The van der Waals surface area contributed by atoms with E-state index in [0.29, 0.717) is 6.04 Å². The van der Waals surface area contributed by atoms with Gasteiger partial charge < -0.3 is 10.6 Å². The summed E-state index contributed by atoms with van der Waals surface area (Å²) in [6, 6.07) is 0.443. The van der Waals surface area contributed by atoms with Crippen LogP contribution in [0.1, 0.15) is 20.3 Å². The Labute approximate surface area is 63.4 Å². The minimum Gasteiger partial charge on any atom is -0.326 e. The van der Waals surface area contributed by atoms with E-state index in [1.165, 1.54) is 19.5 Å². The van der Waals surface area contributed by atoms with Gasteiger partial charge in [0.25, 0.3) is 0 Å². The Balaban J connectivity index is 2.18. The second-order valence-electron chi connectivity index (χ2n) is 3.70. The molecule has 2 nitrogen and oxygen atoms in total. The standard InChI is InChI=1S/C8H18N2/c1-7(2)5-10-4-3-8(9)6-10/h7-8H,3-6,9H2,1-2H3/t8-/m0/s1. The lowest BCUT2D eigenvalue weighted by molar-refractivity contribution is 0.295. The van der Waals surface area contributed by atoms with Crippen molar-refractivity contribution in [2.45, 2.75) is 26.3 Å². The van der Waals surface area contributed by atoms with Crippen molar-refractivity contribution in [2.75, 3.05) is 19.6 Å². The molecule has 0 spiro atoms. The number of hydrogen-bond acceptors (Lipinski definition) is 2. The molecule has 0 amide bonds. The van der Waals surface area contributed by atoms with Crippen LogP contribution in [0, 0.1) is 5.92 Å². The number of likely N-dealkylation sites (tertiary alicyclic amines) is 1. The van der Waals surface area contributed by atoms with Crippen LogP contribution in [0.15, 0.2) is 0 Å². The monoisotopic (exact) mass is 142 g/mol. The number of nitrogens with two attached hydrogens (primary N) is 1. The Kier molecular flexibility index (Phi) is 2.69. The topological polar surface area (TPSA) is 29.3 Å². The van der Waals surface area contributed by atoms with Gasteiger partial charge in [-0.15, -0.1) is 0 Å². The van der Waals surface area contributed by atoms with Crippen molar-refractivity contribution in [1.29, 1.82) is 0 Å². The van der Waals surface area contributed by atoms with Gasteiger partial charge in [0.2, 0.25) is 0 Å². The highest BCUT2D eigenvalue weighted by atomic mass is 15.2. The summed E-state index contributed by atoms with van der Waals surface area (Å²) in [4.78, 5) is 2.45. The predicted molar refractivity (Wildman–Crippen MR) is 43.9 cm³/mol. The van der Waals surface area contributed by atoms with E-state index in [4.69, 9.17) is 5.73 Å². The van der Waals surface area contributed by atoms with Gasteiger partial charge in [0.05, 0.1) is 0 Å². The van der Waals surface area contributed by atoms with E-state index in [9.17, 15) is 0 Å². The van der Waals surface area contributed by atoms with E-state index in [2.05, 4.69) is 18.7 Å². The summed E-state index contributed by atoms with van der Waals surface area (Å²) in [5, 5.41) is 0. The first-order valence-corrected chi connectivity index (χ1v) is 4.16. The first-order valence-electron chi connectivity index (χ1n) is 4.16. The summed E-state index contributed by atoms with van der Waals surface area (Å²) in [6.07, 6.45) is 1.19. The molecule has 0 radical (unpaired) electrons. The molecule has 0 aromatic heterocycles.